The SMILES string of the molecule is Cc1cc(Cc2ccccc2)c(C)c2c1CCN(Cc1ccccc1)C2=O. The van der Waals surface area contributed by atoms with Crippen molar-refractivity contribution in [1.29, 1.82) is 0 Å². The summed E-state index contributed by atoms with van der Waals surface area (Å²) in [6, 6.07) is 23.0. The molecule has 1 amide bonds. The third-order valence-corrected chi connectivity index (χ3v) is 5.61. The number of amides is 1. The van der Waals surface area contributed by atoms with Crippen molar-refractivity contribution in [2.45, 2.75) is 33.2 Å². The molecule has 0 saturated heterocycles. The van der Waals surface area contributed by atoms with Gasteiger partial charge in [-0.25, -0.2) is 0 Å². The second-order valence-corrected chi connectivity index (χ2v) is 7.46. The first-order valence-electron chi connectivity index (χ1n) is 9.62. The second kappa shape index (κ2) is 7.40. The van der Waals surface area contributed by atoms with Gasteiger partial charge in [-0.2, -0.15) is 0 Å². The van der Waals surface area contributed by atoms with E-state index in [0.717, 1.165) is 30.5 Å². The van der Waals surface area contributed by atoms with Crippen LogP contribution in [0.25, 0.3) is 0 Å². The smallest absolute Gasteiger partial charge is 0.254 e. The molecule has 4 rings (SSSR count). The highest BCUT2D eigenvalue weighted by atomic mass is 16.2. The average molecular weight is 355 g/mol. The van der Waals surface area contributed by atoms with Gasteiger partial charge in [-0.1, -0.05) is 66.7 Å². The summed E-state index contributed by atoms with van der Waals surface area (Å²) in [4.78, 5) is 15.3. The van der Waals surface area contributed by atoms with Crippen molar-refractivity contribution < 1.29 is 4.79 Å². The topological polar surface area (TPSA) is 20.3 Å². The van der Waals surface area contributed by atoms with Crippen molar-refractivity contribution in [2.24, 2.45) is 0 Å². The predicted octanol–water partition coefficient (Wildman–Crippen LogP) is 5.09. The summed E-state index contributed by atoms with van der Waals surface area (Å²) < 4.78 is 0. The molecule has 1 aliphatic heterocycles. The van der Waals surface area contributed by atoms with Crippen molar-refractivity contribution in [3.8, 4) is 0 Å². The molecule has 0 bridgehead atoms. The Bertz CT molecular complexity index is 961. The van der Waals surface area contributed by atoms with E-state index >= 15 is 0 Å². The maximum Gasteiger partial charge on any atom is 0.254 e. The van der Waals surface area contributed by atoms with Gasteiger partial charge in [-0.15, -0.1) is 0 Å². The monoisotopic (exact) mass is 355 g/mol. The maximum atomic E-state index is 13.3. The third-order valence-electron chi connectivity index (χ3n) is 5.61. The van der Waals surface area contributed by atoms with Crippen LogP contribution in [0.3, 0.4) is 0 Å². The van der Waals surface area contributed by atoms with Crippen molar-refractivity contribution in [1.82, 2.24) is 4.90 Å². The predicted molar refractivity (Wildman–Crippen MR) is 110 cm³/mol. The molecular weight excluding hydrogens is 330 g/mol. The Morgan fingerprint density at radius 1 is 0.889 bits per heavy atom. The van der Waals surface area contributed by atoms with Gasteiger partial charge in [0.1, 0.15) is 0 Å². The van der Waals surface area contributed by atoms with Gasteiger partial charge in [0, 0.05) is 18.7 Å². The van der Waals surface area contributed by atoms with Crippen LogP contribution in [0.1, 0.15) is 43.7 Å². The molecule has 0 atom stereocenters. The summed E-state index contributed by atoms with van der Waals surface area (Å²) in [5.74, 6) is 0.176. The van der Waals surface area contributed by atoms with Crippen molar-refractivity contribution >= 4 is 5.91 Å². The van der Waals surface area contributed by atoms with Gasteiger partial charge in [-0.05, 0) is 60.1 Å². The molecule has 3 aromatic carbocycles. The molecule has 27 heavy (non-hydrogen) atoms. The number of benzene rings is 3. The minimum absolute atomic E-state index is 0.176. The highest BCUT2D eigenvalue weighted by Gasteiger charge is 2.28. The molecule has 1 heterocycles. The van der Waals surface area contributed by atoms with Gasteiger partial charge < -0.3 is 4.90 Å². The van der Waals surface area contributed by atoms with Crippen LogP contribution in [0.2, 0.25) is 0 Å². The first-order chi connectivity index (χ1) is 13.1. The van der Waals surface area contributed by atoms with Crippen molar-refractivity contribution in [2.75, 3.05) is 6.54 Å². The summed E-state index contributed by atoms with van der Waals surface area (Å²) in [5, 5.41) is 0. The van der Waals surface area contributed by atoms with Crippen molar-refractivity contribution in [3.05, 3.63) is 106 Å². The highest BCUT2D eigenvalue weighted by molar-refractivity contribution is 5.99. The fourth-order valence-electron chi connectivity index (χ4n) is 4.11. The van der Waals surface area contributed by atoms with Crippen LogP contribution in [-0.2, 0) is 19.4 Å². The fraction of sp³-hybridized carbons (Fsp3) is 0.240. The Kier molecular flexibility index (Phi) is 4.81. The number of nitrogens with zero attached hydrogens (tertiary/aromatic N) is 1. The molecule has 0 aliphatic carbocycles. The molecule has 2 heteroatoms. The summed E-state index contributed by atoms with van der Waals surface area (Å²) in [6.45, 7) is 5.73. The lowest BCUT2D eigenvalue weighted by molar-refractivity contribution is 0.0725. The molecule has 1 aliphatic rings. The van der Waals surface area contributed by atoms with Crippen LogP contribution >= 0.6 is 0 Å². The molecule has 0 fully saturated rings. The van der Waals surface area contributed by atoms with E-state index in [9.17, 15) is 4.79 Å². The number of carbonyl (C=O) groups excluding carboxylic acids is 1. The Labute approximate surface area is 161 Å². The largest absolute Gasteiger partial charge is 0.334 e. The first-order valence-corrected chi connectivity index (χ1v) is 9.62. The zero-order valence-corrected chi connectivity index (χ0v) is 16.0. The maximum absolute atomic E-state index is 13.3. The Morgan fingerprint density at radius 3 is 2.19 bits per heavy atom. The van der Waals surface area contributed by atoms with Crippen LogP contribution in [0.4, 0.5) is 0 Å². The van der Waals surface area contributed by atoms with Crippen LogP contribution in [0, 0.1) is 13.8 Å². The second-order valence-electron chi connectivity index (χ2n) is 7.46. The van der Waals surface area contributed by atoms with E-state index in [4.69, 9.17) is 0 Å². The normalized spacial score (nSPS) is 13.6. The molecule has 2 nitrogen and oxygen atoms in total. The molecule has 136 valence electrons. The number of hydrogen-bond acceptors (Lipinski definition) is 1. The van der Waals surface area contributed by atoms with E-state index in [0.29, 0.717) is 6.54 Å². The first kappa shape index (κ1) is 17.5. The Hall–Kier alpha value is -2.87. The van der Waals surface area contributed by atoms with E-state index in [-0.39, 0.29) is 5.91 Å². The molecule has 3 aromatic rings. The number of carbonyl (C=O) groups is 1. The van der Waals surface area contributed by atoms with Crippen LogP contribution in [-0.4, -0.2) is 17.4 Å². The number of rotatable bonds is 4. The van der Waals surface area contributed by atoms with E-state index in [1.807, 2.05) is 29.2 Å². The lowest BCUT2D eigenvalue weighted by Crippen LogP contribution is -2.38. The quantitative estimate of drug-likeness (QED) is 0.638. The van der Waals surface area contributed by atoms with E-state index in [1.54, 1.807) is 0 Å². The summed E-state index contributed by atoms with van der Waals surface area (Å²) in [5.41, 5.74) is 8.28. The molecule has 0 radical (unpaired) electrons. The van der Waals surface area contributed by atoms with Gasteiger partial charge in [-0.3, -0.25) is 4.79 Å². The summed E-state index contributed by atoms with van der Waals surface area (Å²) in [6.07, 6.45) is 1.80. The van der Waals surface area contributed by atoms with Crippen LogP contribution in [0.15, 0.2) is 66.7 Å². The zero-order chi connectivity index (χ0) is 18.8. The third kappa shape index (κ3) is 3.52. The fourth-order valence-corrected chi connectivity index (χ4v) is 4.11. The van der Waals surface area contributed by atoms with Crippen molar-refractivity contribution in [3.63, 3.8) is 0 Å². The molecule has 0 saturated carbocycles. The number of aryl methyl sites for hydroxylation is 1. The van der Waals surface area contributed by atoms with Crippen LogP contribution in [0.5, 0.6) is 0 Å². The van der Waals surface area contributed by atoms with Gasteiger partial charge in [0.2, 0.25) is 0 Å². The summed E-state index contributed by atoms with van der Waals surface area (Å²) in [7, 11) is 0. The summed E-state index contributed by atoms with van der Waals surface area (Å²) >= 11 is 0. The Balaban J connectivity index is 1.67. The van der Waals surface area contributed by atoms with Gasteiger partial charge in [0.05, 0.1) is 0 Å². The van der Waals surface area contributed by atoms with E-state index in [1.165, 1.54) is 27.8 Å². The Morgan fingerprint density at radius 2 is 1.52 bits per heavy atom. The number of hydrogen-bond donors (Lipinski definition) is 0. The lowest BCUT2D eigenvalue weighted by atomic mass is 9.86. The zero-order valence-electron chi connectivity index (χ0n) is 16.0. The average Bonchev–Trinajstić information content (AvgIpc) is 2.69. The van der Waals surface area contributed by atoms with E-state index < -0.39 is 0 Å². The molecule has 0 N–H and O–H groups in total. The number of fused-ring (bicyclic) bond motifs is 1. The van der Waals surface area contributed by atoms with Crippen LogP contribution < -0.4 is 0 Å². The standard InChI is InChI=1S/C25H25NO/c1-18-15-22(16-20-9-5-3-6-10-20)19(2)24-23(18)13-14-26(25(24)27)17-21-11-7-4-8-12-21/h3-12,15H,13-14,16-17H2,1-2H3. The van der Waals surface area contributed by atoms with Gasteiger partial charge in [0.25, 0.3) is 5.91 Å². The molecule has 0 aromatic heterocycles. The minimum Gasteiger partial charge on any atom is -0.334 e. The van der Waals surface area contributed by atoms with E-state index in [2.05, 4.69) is 56.3 Å². The van der Waals surface area contributed by atoms with Gasteiger partial charge in [0.15, 0.2) is 0 Å². The molecular formula is C25H25NO. The molecule has 0 spiro atoms. The molecule has 0 unspecified atom stereocenters. The highest BCUT2D eigenvalue weighted by Crippen LogP contribution is 2.30. The minimum atomic E-state index is 0.176. The van der Waals surface area contributed by atoms with Gasteiger partial charge >= 0.3 is 0 Å². The lowest BCUT2D eigenvalue weighted by Gasteiger charge is -2.31.